The molecule has 4 rings (SSSR count). The number of likely N-dealkylation sites (tertiary alicyclic amines) is 1. The molecular formula is C20H28ClFN2O. The zero-order chi connectivity index (χ0) is 16.6. The third-order valence-corrected chi connectivity index (χ3v) is 6.71. The number of nitrogens with one attached hydrogen (secondary N) is 1. The van der Waals surface area contributed by atoms with E-state index < -0.39 is 5.41 Å². The summed E-state index contributed by atoms with van der Waals surface area (Å²) in [5.41, 5.74) is 1.02. The molecule has 0 radical (unpaired) electrons. The van der Waals surface area contributed by atoms with E-state index in [2.05, 4.69) is 10.2 Å². The molecule has 3 fully saturated rings. The fourth-order valence-corrected chi connectivity index (χ4v) is 5.08. The highest BCUT2D eigenvalue weighted by molar-refractivity contribution is 5.88. The topological polar surface area (TPSA) is 32.3 Å². The van der Waals surface area contributed by atoms with Crippen LogP contribution in [0.4, 0.5) is 4.39 Å². The lowest BCUT2D eigenvalue weighted by Gasteiger charge is -2.42. The molecule has 1 aromatic carbocycles. The first-order valence-electron chi connectivity index (χ1n) is 9.40. The quantitative estimate of drug-likeness (QED) is 0.866. The fraction of sp³-hybridized carbons (Fsp3) is 0.650. The van der Waals surface area contributed by atoms with Gasteiger partial charge in [-0.25, -0.2) is 4.39 Å². The minimum Gasteiger partial charge on any atom is -0.342 e. The first-order chi connectivity index (χ1) is 11.6. The molecule has 0 bridgehead atoms. The van der Waals surface area contributed by atoms with E-state index >= 15 is 0 Å². The smallest absolute Gasteiger partial charge is 0.233 e. The van der Waals surface area contributed by atoms with Crippen molar-refractivity contribution >= 4 is 18.3 Å². The van der Waals surface area contributed by atoms with Gasteiger partial charge in [-0.15, -0.1) is 12.4 Å². The van der Waals surface area contributed by atoms with Crippen LogP contribution in [0.2, 0.25) is 0 Å². The van der Waals surface area contributed by atoms with E-state index in [1.54, 1.807) is 0 Å². The van der Waals surface area contributed by atoms with Crippen LogP contribution in [-0.2, 0) is 10.2 Å². The predicted molar refractivity (Wildman–Crippen MR) is 99.5 cm³/mol. The SMILES string of the molecule is Cl.O=C(N1CCC2(CCNC2)CC1)C1(c2ccc(F)cc2)CCCC1. The third-order valence-electron chi connectivity index (χ3n) is 6.71. The number of amides is 1. The van der Waals surface area contributed by atoms with E-state index in [1.807, 2.05) is 12.1 Å². The van der Waals surface area contributed by atoms with E-state index in [-0.39, 0.29) is 24.1 Å². The number of nitrogens with zero attached hydrogens (tertiary/aromatic N) is 1. The molecule has 0 aromatic heterocycles. The van der Waals surface area contributed by atoms with Crippen molar-refractivity contribution in [3.63, 3.8) is 0 Å². The van der Waals surface area contributed by atoms with Gasteiger partial charge in [-0.2, -0.15) is 0 Å². The van der Waals surface area contributed by atoms with Crippen LogP contribution in [0.3, 0.4) is 0 Å². The molecule has 1 saturated carbocycles. The van der Waals surface area contributed by atoms with Gasteiger partial charge >= 0.3 is 0 Å². The van der Waals surface area contributed by atoms with E-state index in [1.165, 1.54) is 18.6 Å². The van der Waals surface area contributed by atoms with Gasteiger partial charge in [0.25, 0.3) is 0 Å². The van der Waals surface area contributed by atoms with Crippen LogP contribution < -0.4 is 5.32 Å². The molecule has 0 atom stereocenters. The summed E-state index contributed by atoms with van der Waals surface area (Å²) in [4.78, 5) is 15.5. The normalized spacial score (nSPS) is 24.3. The van der Waals surface area contributed by atoms with Crippen LogP contribution >= 0.6 is 12.4 Å². The molecule has 3 aliphatic rings. The van der Waals surface area contributed by atoms with Gasteiger partial charge in [0.15, 0.2) is 0 Å². The maximum atomic E-state index is 13.4. The van der Waals surface area contributed by atoms with Gasteiger partial charge < -0.3 is 10.2 Å². The number of hydrogen-bond donors (Lipinski definition) is 1. The molecule has 1 spiro atoms. The molecule has 1 aliphatic carbocycles. The number of carbonyl (C=O) groups is 1. The number of piperidine rings is 1. The molecule has 1 N–H and O–H groups in total. The summed E-state index contributed by atoms with van der Waals surface area (Å²) in [5, 5.41) is 3.48. The number of hydrogen-bond acceptors (Lipinski definition) is 2. The van der Waals surface area contributed by atoms with Crippen molar-refractivity contribution in [1.82, 2.24) is 10.2 Å². The highest BCUT2D eigenvalue weighted by Gasteiger charge is 2.47. The van der Waals surface area contributed by atoms with Gasteiger partial charge in [0.1, 0.15) is 5.82 Å². The number of halogens is 2. The lowest BCUT2D eigenvalue weighted by molar-refractivity contribution is -0.139. The van der Waals surface area contributed by atoms with Crippen molar-refractivity contribution in [1.29, 1.82) is 0 Å². The molecule has 2 aliphatic heterocycles. The van der Waals surface area contributed by atoms with Crippen molar-refractivity contribution in [2.45, 2.75) is 50.4 Å². The Labute approximate surface area is 155 Å². The van der Waals surface area contributed by atoms with Crippen molar-refractivity contribution in [3.8, 4) is 0 Å². The van der Waals surface area contributed by atoms with Crippen LogP contribution in [-0.4, -0.2) is 37.0 Å². The molecule has 1 aromatic rings. The standard InChI is InChI=1S/C20H27FN2O.ClH/c21-17-5-3-16(4-6-17)20(7-1-2-8-20)18(24)23-13-10-19(11-14-23)9-12-22-15-19;/h3-6,22H,1-2,7-15H2;1H. The van der Waals surface area contributed by atoms with Gasteiger partial charge in [-0.3, -0.25) is 4.79 Å². The second kappa shape index (κ2) is 7.24. The molecule has 3 nitrogen and oxygen atoms in total. The van der Waals surface area contributed by atoms with Gasteiger partial charge in [0, 0.05) is 19.6 Å². The monoisotopic (exact) mass is 366 g/mol. The van der Waals surface area contributed by atoms with Crippen molar-refractivity contribution in [3.05, 3.63) is 35.6 Å². The Morgan fingerprint density at radius 1 is 1.00 bits per heavy atom. The van der Waals surface area contributed by atoms with E-state index in [4.69, 9.17) is 0 Å². The number of benzene rings is 1. The van der Waals surface area contributed by atoms with Gasteiger partial charge in [0.2, 0.25) is 5.91 Å². The average molecular weight is 367 g/mol. The zero-order valence-electron chi connectivity index (χ0n) is 14.7. The Morgan fingerprint density at radius 3 is 2.20 bits per heavy atom. The average Bonchev–Trinajstić information content (AvgIpc) is 3.26. The van der Waals surface area contributed by atoms with Crippen LogP contribution in [0.15, 0.2) is 24.3 Å². The van der Waals surface area contributed by atoms with Crippen LogP contribution in [0, 0.1) is 11.2 Å². The van der Waals surface area contributed by atoms with Crippen molar-refractivity contribution < 1.29 is 9.18 Å². The van der Waals surface area contributed by atoms with E-state index in [0.29, 0.717) is 5.41 Å². The lowest BCUT2D eigenvalue weighted by Crippen LogP contribution is -2.51. The Morgan fingerprint density at radius 2 is 1.64 bits per heavy atom. The molecular weight excluding hydrogens is 339 g/mol. The summed E-state index contributed by atoms with van der Waals surface area (Å²) in [6.45, 7) is 3.98. The van der Waals surface area contributed by atoms with Crippen LogP contribution in [0.25, 0.3) is 0 Å². The maximum Gasteiger partial charge on any atom is 0.233 e. The second-order valence-corrected chi connectivity index (χ2v) is 8.02. The minimum atomic E-state index is -0.411. The highest BCUT2D eigenvalue weighted by atomic mass is 35.5. The summed E-state index contributed by atoms with van der Waals surface area (Å²) in [5.74, 6) is 0.0559. The zero-order valence-corrected chi connectivity index (χ0v) is 15.5. The Kier molecular flexibility index (Phi) is 5.40. The van der Waals surface area contributed by atoms with Crippen LogP contribution in [0.5, 0.6) is 0 Å². The number of rotatable bonds is 2. The largest absolute Gasteiger partial charge is 0.342 e. The summed E-state index contributed by atoms with van der Waals surface area (Å²) in [7, 11) is 0. The molecule has 5 heteroatoms. The Hall–Kier alpha value is -1.13. The van der Waals surface area contributed by atoms with Crippen molar-refractivity contribution in [2.24, 2.45) is 5.41 Å². The number of carbonyl (C=O) groups excluding carboxylic acids is 1. The first kappa shape index (κ1) is 18.7. The molecule has 1 amide bonds. The van der Waals surface area contributed by atoms with Gasteiger partial charge in [0.05, 0.1) is 5.41 Å². The van der Waals surface area contributed by atoms with Crippen molar-refractivity contribution in [2.75, 3.05) is 26.2 Å². The minimum absolute atomic E-state index is 0. The predicted octanol–water partition coefficient (Wildman–Crippen LogP) is 3.66. The molecule has 2 heterocycles. The maximum absolute atomic E-state index is 13.4. The second-order valence-electron chi connectivity index (χ2n) is 8.02. The summed E-state index contributed by atoms with van der Waals surface area (Å²) < 4.78 is 13.3. The molecule has 25 heavy (non-hydrogen) atoms. The molecule has 0 unspecified atom stereocenters. The van der Waals surface area contributed by atoms with Crippen LogP contribution in [0.1, 0.15) is 50.5 Å². The summed E-state index contributed by atoms with van der Waals surface area (Å²) in [6, 6.07) is 6.64. The Balaban J connectivity index is 0.00000182. The van der Waals surface area contributed by atoms with Gasteiger partial charge in [-0.1, -0.05) is 25.0 Å². The first-order valence-corrected chi connectivity index (χ1v) is 9.40. The fourth-order valence-electron chi connectivity index (χ4n) is 5.08. The molecule has 2 saturated heterocycles. The summed E-state index contributed by atoms with van der Waals surface area (Å²) in [6.07, 6.45) is 7.46. The molecule has 138 valence electrons. The Bertz CT molecular complexity index is 597. The van der Waals surface area contributed by atoms with E-state index in [9.17, 15) is 9.18 Å². The summed E-state index contributed by atoms with van der Waals surface area (Å²) >= 11 is 0. The van der Waals surface area contributed by atoms with E-state index in [0.717, 1.165) is 70.3 Å². The van der Waals surface area contributed by atoms with Gasteiger partial charge in [-0.05, 0) is 61.8 Å². The third kappa shape index (κ3) is 3.31. The highest BCUT2D eigenvalue weighted by Crippen LogP contribution is 2.44. The lowest BCUT2D eigenvalue weighted by atomic mass is 9.74.